The fourth-order valence-electron chi connectivity index (χ4n) is 5.01. The summed E-state index contributed by atoms with van der Waals surface area (Å²) in [6.07, 6.45) is -0.525. The van der Waals surface area contributed by atoms with Crippen LogP contribution in [0.3, 0.4) is 0 Å². The van der Waals surface area contributed by atoms with E-state index >= 15 is 0 Å². The van der Waals surface area contributed by atoms with E-state index in [4.69, 9.17) is 4.74 Å². The zero-order valence-corrected chi connectivity index (χ0v) is 30.7. The minimum atomic E-state index is -4.10. The Balaban J connectivity index is 1.74. The van der Waals surface area contributed by atoms with Crippen LogP contribution in [0.2, 0.25) is 0 Å². The number of carbonyl (C=O) groups is 2. The molecule has 0 bridgehead atoms. The molecule has 0 saturated heterocycles. The highest BCUT2D eigenvalue weighted by atomic mass is 32.2. The van der Waals surface area contributed by atoms with Gasteiger partial charge >= 0.3 is 12.1 Å². The Morgan fingerprint density at radius 2 is 1.45 bits per heavy atom. The lowest BCUT2D eigenvalue weighted by atomic mass is 10.1. The maximum absolute atomic E-state index is 13.8. The van der Waals surface area contributed by atoms with Gasteiger partial charge in [0, 0.05) is 47.2 Å². The summed E-state index contributed by atoms with van der Waals surface area (Å²) in [5.74, 6) is -0.971. The van der Waals surface area contributed by atoms with Gasteiger partial charge in [0.05, 0.1) is 4.90 Å². The Labute approximate surface area is 299 Å². The van der Waals surface area contributed by atoms with E-state index in [9.17, 15) is 23.1 Å². The van der Waals surface area contributed by atoms with Crippen LogP contribution in [0.15, 0.2) is 83.8 Å². The molecule has 0 aliphatic rings. The van der Waals surface area contributed by atoms with Gasteiger partial charge in [0.15, 0.2) is 0 Å². The van der Waals surface area contributed by atoms with Crippen molar-refractivity contribution in [1.29, 1.82) is 0 Å². The topological polar surface area (TPSA) is 161 Å². The zero-order chi connectivity index (χ0) is 37.1. The van der Waals surface area contributed by atoms with Crippen molar-refractivity contribution in [2.24, 2.45) is 0 Å². The van der Waals surface area contributed by atoms with Gasteiger partial charge in [-0.2, -0.15) is 15.0 Å². The summed E-state index contributed by atoms with van der Waals surface area (Å²) in [5, 5.41) is 13.2. The lowest BCUT2D eigenvalue weighted by Gasteiger charge is -2.28. The predicted octanol–water partition coefficient (Wildman–Crippen LogP) is 4.52. The number of anilines is 3. The van der Waals surface area contributed by atoms with E-state index in [1.807, 2.05) is 42.2 Å². The van der Waals surface area contributed by atoms with Gasteiger partial charge in [0.25, 0.3) is 10.0 Å². The highest BCUT2D eigenvalue weighted by Crippen LogP contribution is 2.24. The second kappa shape index (κ2) is 17.6. The molecule has 51 heavy (non-hydrogen) atoms. The molecule has 2 N–H and O–H groups in total. The summed E-state index contributed by atoms with van der Waals surface area (Å²) < 4.78 is 33.8. The third kappa shape index (κ3) is 10.6. The SMILES string of the molecule is CCN(CC)CCN(Cc1ccccc1)c1nc(N[C@@H](Cc2ccc(OC(=O)N(C)C)cc2)C(=O)O)nc(N(C)S(=O)(=O)c2ccc(C)cc2)n1. The number of rotatable bonds is 17. The standard InChI is InChI=1S/C36H46N8O6S/c1-7-43(8-2)22-23-44(25-28-12-10-9-11-13-28)35-39-33(38-34(40-35)42(6)51(48,49)30-20-14-26(3)15-21-30)37-31(32(45)46)24-27-16-18-29(19-17-27)50-36(47)41(4)5/h9-21,31H,7-8,22-25H2,1-6H3,(H,45,46)(H,37,38,39,40)/t31-/m0/s1. The number of sulfonamides is 1. The molecule has 4 rings (SSSR count). The molecule has 14 nitrogen and oxygen atoms in total. The van der Waals surface area contributed by atoms with E-state index in [1.54, 1.807) is 50.5 Å². The van der Waals surface area contributed by atoms with Gasteiger partial charge in [0.1, 0.15) is 11.8 Å². The first-order valence-corrected chi connectivity index (χ1v) is 18.0. The molecule has 1 atom stereocenters. The van der Waals surface area contributed by atoms with Crippen molar-refractivity contribution in [1.82, 2.24) is 24.8 Å². The molecule has 3 aromatic carbocycles. The van der Waals surface area contributed by atoms with E-state index in [-0.39, 0.29) is 29.2 Å². The number of aromatic nitrogens is 3. The highest BCUT2D eigenvalue weighted by molar-refractivity contribution is 7.92. The second-order valence-electron chi connectivity index (χ2n) is 12.1. The maximum atomic E-state index is 13.8. The average Bonchev–Trinajstić information content (AvgIpc) is 3.12. The summed E-state index contributed by atoms with van der Waals surface area (Å²) >= 11 is 0. The van der Waals surface area contributed by atoms with Crippen LogP contribution in [0.4, 0.5) is 22.6 Å². The number of hydrogen-bond donors (Lipinski definition) is 2. The van der Waals surface area contributed by atoms with E-state index in [1.165, 1.54) is 24.1 Å². The van der Waals surface area contributed by atoms with Crippen LogP contribution in [0.1, 0.15) is 30.5 Å². The van der Waals surface area contributed by atoms with Crippen LogP contribution in [0.5, 0.6) is 5.75 Å². The van der Waals surface area contributed by atoms with Crippen molar-refractivity contribution in [3.05, 3.63) is 95.6 Å². The maximum Gasteiger partial charge on any atom is 0.414 e. The van der Waals surface area contributed by atoms with Gasteiger partial charge in [-0.25, -0.2) is 22.3 Å². The van der Waals surface area contributed by atoms with Crippen molar-refractivity contribution in [3.63, 3.8) is 0 Å². The number of aliphatic carboxylic acids is 1. The van der Waals surface area contributed by atoms with Crippen LogP contribution >= 0.6 is 0 Å². The van der Waals surface area contributed by atoms with E-state index < -0.39 is 28.1 Å². The molecule has 0 spiro atoms. The van der Waals surface area contributed by atoms with Gasteiger partial charge in [0.2, 0.25) is 17.8 Å². The van der Waals surface area contributed by atoms with Gasteiger partial charge < -0.3 is 29.9 Å². The average molecular weight is 719 g/mol. The molecular weight excluding hydrogens is 673 g/mol. The van der Waals surface area contributed by atoms with Crippen LogP contribution in [-0.4, -0.2) is 104 Å². The number of nitrogens with one attached hydrogen (secondary N) is 1. The quantitative estimate of drug-likeness (QED) is 0.157. The Morgan fingerprint density at radius 1 is 0.824 bits per heavy atom. The normalized spacial score (nSPS) is 11.9. The summed E-state index contributed by atoms with van der Waals surface area (Å²) in [7, 11) is 0.393. The largest absolute Gasteiger partial charge is 0.480 e. The zero-order valence-electron chi connectivity index (χ0n) is 29.9. The first-order chi connectivity index (χ1) is 24.3. The number of likely N-dealkylation sites (N-methyl/N-ethyl adjacent to an activating group) is 1. The monoisotopic (exact) mass is 718 g/mol. The molecule has 1 aromatic heterocycles. The van der Waals surface area contributed by atoms with Crippen LogP contribution in [0, 0.1) is 6.92 Å². The summed E-state index contributed by atoms with van der Waals surface area (Å²) in [4.78, 5) is 43.8. The molecule has 1 heterocycles. The summed E-state index contributed by atoms with van der Waals surface area (Å²) in [6.45, 7) is 9.28. The predicted molar refractivity (Wildman–Crippen MR) is 197 cm³/mol. The first kappa shape index (κ1) is 38.5. The lowest BCUT2D eigenvalue weighted by Crippen LogP contribution is -2.37. The minimum Gasteiger partial charge on any atom is -0.480 e. The van der Waals surface area contributed by atoms with E-state index in [0.717, 1.165) is 28.5 Å². The smallest absolute Gasteiger partial charge is 0.414 e. The van der Waals surface area contributed by atoms with Crippen LogP contribution in [-0.2, 0) is 27.8 Å². The van der Waals surface area contributed by atoms with Gasteiger partial charge in [-0.1, -0.05) is 74.0 Å². The molecule has 0 fully saturated rings. The van der Waals surface area contributed by atoms with Crippen LogP contribution in [0.25, 0.3) is 0 Å². The van der Waals surface area contributed by atoms with Gasteiger partial charge in [-0.05, 0) is 55.4 Å². The number of carboxylic acid groups (broad SMARTS) is 1. The number of carbonyl (C=O) groups excluding carboxylic acids is 1. The number of carboxylic acids is 1. The van der Waals surface area contributed by atoms with E-state index in [2.05, 4.69) is 39.0 Å². The van der Waals surface area contributed by atoms with Crippen molar-refractivity contribution in [2.45, 2.75) is 44.7 Å². The Morgan fingerprint density at radius 3 is 2.04 bits per heavy atom. The van der Waals surface area contributed by atoms with Gasteiger partial charge in [-0.3, -0.25) is 0 Å². The Bertz CT molecular complexity index is 1860. The number of amides is 1. The first-order valence-electron chi connectivity index (χ1n) is 16.6. The number of ether oxygens (including phenoxy) is 1. The van der Waals surface area contributed by atoms with Crippen molar-refractivity contribution < 1.29 is 27.9 Å². The molecule has 0 unspecified atom stereocenters. The minimum absolute atomic E-state index is 0.0147. The third-order valence-corrected chi connectivity index (χ3v) is 9.94. The molecule has 0 saturated carbocycles. The molecule has 1 amide bonds. The van der Waals surface area contributed by atoms with Crippen molar-refractivity contribution >= 4 is 39.9 Å². The molecule has 0 aliphatic carbocycles. The molecule has 15 heteroatoms. The fourth-order valence-corrected chi connectivity index (χ4v) is 6.10. The van der Waals surface area contributed by atoms with Gasteiger partial charge in [-0.15, -0.1) is 0 Å². The number of nitrogens with zero attached hydrogens (tertiary/aromatic N) is 7. The molecule has 4 aromatic rings. The molecule has 272 valence electrons. The van der Waals surface area contributed by atoms with Crippen LogP contribution < -0.4 is 19.3 Å². The Kier molecular flexibility index (Phi) is 13.3. The second-order valence-corrected chi connectivity index (χ2v) is 14.1. The lowest BCUT2D eigenvalue weighted by molar-refractivity contribution is -0.137. The molecule has 0 aliphatic heterocycles. The number of hydrogen-bond acceptors (Lipinski definition) is 11. The fraction of sp³-hybridized carbons (Fsp3) is 0.361. The summed E-state index contributed by atoms with van der Waals surface area (Å²) in [6, 6.07) is 21.5. The van der Waals surface area contributed by atoms with Crippen molar-refractivity contribution in [3.8, 4) is 5.75 Å². The highest BCUT2D eigenvalue weighted by Gasteiger charge is 2.27. The number of benzene rings is 3. The van der Waals surface area contributed by atoms with Crippen molar-refractivity contribution in [2.75, 3.05) is 61.8 Å². The Hall–Kier alpha value is -5.28. The third-order valence-electron chi connectivity index (χ3n) is 8.19. The van der Waals surface area contributed by atoms with E-state index in [0.29, 0.717) is 30.9 Å². The molecular formula is C36H46N8O6S. The number of aryl methyl sites for hydroxylation is 1. The summed E-state index contributed by atoms with van der Waals surface area (Å²) in [5.41, 5.74) is 2.52. The molecule has 0 radical (unpaired) electrons.